The largest absolute Gasteiger partial charge is 0.366 e. The van der Waals surface area contributed by atoms with Gasteiger partial charge in [0.2, 0.25) is 0 Å². The minimum absolute atomic E-state index is 0.279. The van der Waals surface area contributed by atoms with Crippen molar-refractivity contribution in [1.29, 1.82) is 0 Å². The molecule has 2 atom stereocenters. The van der Waals surface area contributed by atoms with Gasteiger partial charge in [-0.25, -0.2) is 4.98 Å². The Morgan fingerprint density at radius 3 is 2.80 bits per heavy atom. The van der Waals surface area contributed by atoms with Gasteiger partial charge in [0.15, 0.2) is 0 Å². The molecule has 3 nitrogen and oxygen atoms in total. The van der Waals surface area contributed by atoms with Crippen LogP contribution in [-0.2, 0) is 0 Å². The molecular weight excluding hydrogens is 186 g/mol. The lowest BCUT2D eigenvalue weighted by atomic mass is 9.91. The van der Waals surface area contributed by atoms with Crippen molar-refractivity contribution in [2.45, 2.75) is 44.7 Å². The molecule has 0 aliphatic heterocycles. The molecule has 0 aromatic carbocycles. The van der Waals surface area contributed by atoms with Crippen molar-refractivity contribution >= 4 is 5.82 Å². The van der Waals surface area contributed by atoms with E-state index in [0.29, 0.717) is 6.04 Å². The summed E-state index contributed by atoms with van der Waals surface area (Å²) in [6.45, 7) is 2.04. The van der Waals surface area contributed by atoms with Crippen LogP contribution in [0.5, 0.6) is 0 Å². The predicted octanol–water partition coefficient (Wildman–Crippen LogP) is 2.07. The number of hydrogen-bond acceptors (Lipinski definition) is 3. The molecule has 1 fully saturated rings. The van der Waals surface area contributed by atoms with Crippen LogP contribution in [0.15, 0.2) is 18.3 Å². The number of aryl methyl sites for hydroxylation is 1. The Kier molecular flexibility index (Phi) is 3.21. The predicted molar refractivity (Wildman–Crippen MR) is 62.8 cm³/mol. The summed E-state index contributed by atoms with van der Waals surface area (Å²) in [5.74, 6) is 0.947. The SMILES string of the molecule is Cc1ccc(NC2CCCCC2N)nc1. The van der Waals surface area contributed by atoms with E-state index in [1.54, 1.807) is 0 Å². The maximum absolute atomic E-state index is 6.07. The number of anilines is 1. The summed E-state index contributed by atoms with van der Waals surface area (Å²) in [5, 5.41) is 3.42. The van der Waals surface area contributed by atoms with Crippen molar-refractivity contribution in [1.82, 2.24) is 4.98 Å². The van der Waals surface area contributed by atoms with Gasteiger partial charge in [0.25, 0.3) is 0 Å². The van der Waals surface area contributed by atoms with Crippen LogP contribution in [-0.4, -0.2) is 17.1 Å². The molecule has 0 saturated heterocycles. The lowest BCUT2D eigenvalue weighted by molar-refractivity contribution is 0.403. The second kappa shape index (κ2) is 4.62. The van der Waals surface area contributed by atoms with Crippen molar-refractivity contribution in [2.24, 2.45) is 5.73 Å². The second-order valence-corrected chi connectivity index (χ2v) is 4.42. The van der Waals surface area contributed by atoms with Crippen molar-refractivity contribution < 1.29 is 0 Å². The monoisotopic (exact) mass is 205 g/mol. The quantitative estimate of drug-likeness (QED) is 0.777. The summed E-state index contributed by atoms with van der Waals surface area (Å²) >= 11 is 0. The summed E-state index contributed by atoms with van der Waals surface area (Å²) < 4.78 is 0. The number of nitrogens with zero attached hydrogens (tertiary/aromatic N) is 1. The van der Waals surface area contributed by atoms with Crippen LogP contribution in [0.25, 0.3) is 0 Å². The smallest absolute Gasteiger partial charge is 0.126 e. The molecule has 0 amide bonds. The fourth-order valence-electron chi connectivity index (χ4n) is 2.08. The van der Waals surface area contributed by atoms with Crippen LogP contribution in [0.3, 0.4) is 0 Å². The minimum atomic E-state index is 0.279. The van der Waals surface area contributed by atoms with Crippen LogP contribution in [0.1, 0.15) is 31.2 Å². The zero-order chi connectivity index (χ0) is 10.7. The molecule has 1 heterocycles. The van der Waals surface area contributed by atoms with Gasteiger partial charge in [-0.3, -0.25) is 0 Å². The zero-order valence-electron chi connectivity index (χ0n) is 9.24. The number of rotatable bonds is 2. The average molecular weight is 205 g/mol. The van der Waals surface area contributed by atoms with Crippen molar-refractivity contribution in [2.75, 3.05) is 5.32 Å². The molecule has 1 aromatic rings. The van der Waals surface area contributed by atoms with Crippen molar-refractivity contribution in [3.8, 4) is 0 Å². The van der Waals surface area contributed by atoms with Gasteiger partial charge in [0.1, 0.15) is 5.82 Å². The summed E-state index contributed by atoms with van der Waals surface area (Å²) in [6.07, 6.45) is 6.72. The van der Waals surface area contributed by atoms with E-state index in [4.69, 9.17) is 5.73 Å². The van der Waals surface area contributed by atoms with Gasteiger partial charge in [-0.1, -0.05) is 18.9 Å². The summed E-state index contributed by atoms with van der Waals surface area (Å²) in [5.41, 5.74) is 7.25. The molecule has 1 saturated carbocycles. The Balaban J connectivity index is 1.98. The van der Waals surface area contributed by atoms with Gasteiger partial charge < -0.3 is 11.1 Å². The Morgan fingerprint density at radius 2 is 2.13 bits per heavy atom. The molecule has 0 radical (unpaired) electrons. The average Bonchev–Trinajstić information content (AvgIpc) is 2.25. The van der Waals surface area contributed by atoms with Gasteiger partial charge in [0, 0.05) is 18.3 Å². The molecule has 15 heavy (non-hydrogen) atoms. The number of aromatic nitrogens is 1. The molecule has 3 N–H and O–H groups in total. The lowest BCUT2D eigenvalue weighted by Gasteiger charge is -2.29. The van der Waals surface area contributed by atoms with Crippen LogP contribution >= 0.6 is 0 Å². The molecule has 82 valence electrons. The second-order valence-electron chi connectivity index (χ2n) is 4.42. The normalized spacial score (nSPS) is 26.3. The Bertz CT molecular complexity index is 307. The van der Waals surface area contributed by atoms with Crippen molar-refractivity contribution in [3.05, 3.63) is 23.9 Å². The fourth-order valence-corrected chi connectivity index (χ4v) is 2.08. The standard InChI is InChI=1S/C12H19N3/c1-9-6-7-12(14-8-9)15-11-5-3-2-4-10(11)13/h6-8,10-11H,2-5,13H2,1H3,(H,14,15). The number of nitrogens with two attached hydrogens (primary N) is 1. The Hall–Kier alpha value is -1.09. The van der Waals surface area contributed by atoms with E-state index in [2.05, 4.69) is 16.4 Å². The van der Waals surface area contributed by atoms with E-state index in [1.165, 1.54) is 18.4 Å². The molecule has 2 rings (SSSR count). The van der Waals surface area contributed by atoms with Gasteiger partial charge in [-0.2, -0.15) is 0 Å². The molecular formula is C12H19N3. The van der Waals surface area contributed by atoms with Gasteiger partial charge in [0.05, 0.1) is 0 Å². The molecule has 1 aromatic heterocycles. The van der Waals surface area contributed by atoms with E-state index in [1.807, 2.05) is 19.2 Å². The molecule has 3 heteroatoms. The van der Waals surface area contributed by atoms with E-state index in [9.17, 15) is 0 Å². The van der Waals surface area contributed by atoms with E-state index < -0.39 is 0 Å². The third kappa shape index (κ3) is 2.69. The maximum Gasteiger partial charge on any atom is 0.126 e. The first-order valence-corrected chi connectivity index (χ1v) is 5.70. The van der Waals surface area contributed by atoms with E-state index in [-0.39, 0.29) is 6.04 Å². The number of hydrogen-bond donors (Lipinski definition) is 2. The summed E-state index contributed by atoms with van der Waals surface area (Å²) in [4.78, 5) is 4.34. The highest BCUT2D eigenvalue weighted by molar-refractivity contribution is 5.36. The van der Waals surface area contributed by atoms with Gasteiger partial charge in [-0.05, 0) is 31.4 Å². The van der Waals surface area contributed by atoms with Crippen LogP contribution in [0.2, 0.25) is 0 Å². The van der Waals surface area contributed by atoms with E-state index >= 15 is 0 Å². The molecule has 0 spiro atoms. The Labute approximate surface area is 91.1 Å². The fraction of sp³-hybridized carbons (Fsp3) is 0.583. The first-order valence-electron chi connectivity index (χ1n) is 5.70. The highest BCUT2D eigenvalue weighted by Gasteiger charge is 2.21. The number of nitrogens with one attached hydrogen (secondary N) is 1. The number of pyridine rings is 1. The third-order valence-corrected chi connectivity index (χ3v) is 3.06. The molecule has 2 unspecified atom stereocenters. The molecule has 0 bridgehead atoms. The maximum atomic E-state index is 6.07. The first kappa shape index (κ1) is 10.4. The first-order chi connectivity index (χ1) is 7.25. The molecule has 1 aliphatic carbocycles. The van der Waals surface area contributed by atoms with Gasteiger partial charge in [-0.15, -0.1) is 0 Å². The van der Waals surface area contributed by atoms with E-state index in [0.717, 1.165) is 18.7 Å². The highest BCUT2D eigenvalue weighted by atomic mass is 15.0. The van der Waals surface area contributed by atoms with Gasteiger partial charge >= 0.3 is 0 Å². The third-order valence-electron chi connectivity index (χ3n) is 3.06. The summed E-state index contributed by atoms with van der Waals surface area (Å²) in [7, 11) is 0. The highest BCUT2D eigenvalue weighted by Crippen LogP contribution is 2.20. The van der Waals surface area contributed by atoms with Crippen LogP contribution in [0.4, 0.5) is 5.82 Å². The molecule has 1 aliphatic rings. The lowest BCUT2D eigenvalue weighted by Crippen LogP contribution is -2.42. The minimum Gasteiger partial charge on any atom is -0.366 e. The zero-order valence-corrected chi connectivity index (χ0v) is 9.24. The summed E-state index contributed by atoms with van der Waals surface area (Å²) in [6, 6.07) is 4.77. The topological polar surface area (TPSA) is 50.9 Å². The van der Waals surface area contributed by atoms with Crippen LogP contribution < -0.4 is 11.1 Å². The van der Waals surface area contributed by atoms with Crippen LogP contribution in [0, 0.1) is 6.92 Å². The van der Waals surface area contributed by atoms with Crippen molar-refractivity contribution in [3.63, 3.8) is 0 Å². The Morgan fingerprint density at radius 1 is 1.33 bits per heavy atom.